The first kappa shape index (κ1) is 88.4. The van der Waals surface area contributed by atoms with Crippen LogP contribution in [-0.2, 0) is 28.4 Å². The van der Waals surface area contributed by atoms with E-state index in [0.29, 0.717) is 44.5 Å². The second-order valence-electron chi connectivity index (χ2n) is 36.8. The quantitative estimate of drug-likeness (QED) is 0.0412. The van der Waals surface area contributed by atoms with Crippen LogP contribution < -0.4 is 0 Å². The summed E-state index contributed by atoms with van der Waals surface area (Å²) < 4.78 is 41.9. The normalized spacial score (nSPS) is 21.1. The number of hydrogen-bond acceptors (Lipinski definition) is 28. The van der Waals surface area contributed by atoms with E-state index in [1.54, 1.807) is 61.5 Å². The summed E-state index contributed by atoms with van der Waals surface area (Å²) in [5.41, 5.74) is -6.35. The van der Waals surface area contributed by atoms with Crippen LogP contribution in [0.15, 0.2) is 56.6 Å². The summed E-state index contributed by atoms with van der Waals surface area (Å²) >= 11 is 0. The minimum atomic E-state index is -2.26. The molecular formula is C105H96O28. The first-order valence-electron chi connectivity index (χ1n) is 43.4. The van der Waals surface area contributed by atoms with Crippen LogP contribution in [0.4, 0.5) is 0 Å². The second kappa shape index (κ2) is 30.4. The van der Waals surface area contributed by atoms with Crippen LogP contribution in [0.2, 0.25) is 0 Å². The van der Waals surface area contributed by atoms with Gasteiger partial charge in [0.05, 0.1) is 39.3 Å². The molecule has 0 radical (unpaired) electrons. The van der Waals surface area contributed by atoms with E-state index in [1.807, 2.05) is 0 Å². The number of hydrogen-bond donors (Lipinski definition) is 16. The maximum Gasteiger partial charge on any atom is 0.339 e. The minimum Gasteiger partial charge on any atom is -0.507 e. The molecule has 16 N–H and O–H groups in total. The summed E-state index contributed by atoms with van der Waals surface area (Å²) in [7, 11) is 0. The molecule has 10 atom stereocenters. The Morgan fingerprint density at radius 1 is 0.248 bits per heavy atom. The highest BCUT2D eigenvalue weighted by atomic mass is 16.6. The van der Waals surface area contributed by atoms with E-state index < -0.39 is 264 Å². The van der Waals surface area contributed by atoms with E-state index in [2.05, 4.69) is 19.7 Å². The van der Waals surface area contributed by atoms with Crippen molar-refractivity contribution < 1.29 is 139 Å². The number of carbonyl (C=O) groups is 6. The molecule has 28 heteroatoms. The summed E-state index contributed by atoms with van der Waals surface area (Å²) in [6, 6.07) is 7.02. The van der Waals surface area contributed by atoms with Crippen LogP contribution in [0.1, 0.15) is 236 Å². The van der Waals surface area contributed by atoms with Crippen molar-refractivity contribution in [2.45, 2.75) is 191 Å². The molecule has 10 aliphatic rings. The first-order valence-corrected chi connectivity index (χ1v) is 43.4. The van der Waals surface area contributed by atoms with E-state index in [9.17, 15) is 81.7 Å². The Bertz CT molecular complexity index is 7250. The predicted molar refractivity (Wildman–Crippen MR) is 488 cm³/mol. The minimum absolute atomic E-state index is 0.000891. The average Bonchev–Trinajstić information content (AvgIpc) is 1.41. The van der Waals surface area contributed by atoms with Crippen molar-refractivity contribution in [2.75, 3.05) is 0 Å². The number of benzene rings is 10. The van der Waals surface area contributed by atoms with Gasteiger partial charge in [0.15, 0.2) is 75.1 Å². The lowest BCUT2D eigenvalue weighted by Crippen LogP contribution is -2.51. The lowest BCUT2D eigenvalue weighted by Gasteiger charge is -2.45. The van der Waals surface area contributed by atoms with Gasteiger partial charge in [0.1, 0.15) is 42.0 Å². The van der Waals surface area contributed by atoms with Gasteiger partial charge in [-0.1, -0.05) is 39.3 Å². The number of phenols is 16. The van der Waals surface area contributed by atoms with Crippen molar-refractivity contribution in [3.05, 3.63) is 207 Å². The highest BCUT2D eigenvalue weighted by molar-refractivity contribution is 6.18. The van der Waals surface area contributed by atoms with Gasteiger partial charge in [-0.15, -0.1) is 0 Å². The molecule has 8 aliphatic heterocycles. The first-order chi connectivity index (χ1) is 62.6. The third kappa shape index (κ3) is 12.2. The summed E-state index contributed by atoms with van der Waals surface area (Å²) in [6.07, 6.45) is -14.4. The molecular weight excluding hydrogens is 1710 g/mol. The van der Waals surface area contributed by atoms with E-state index in [1.165, 1.54) is 66.7 Å². The van der Waals surface area contributed by atoms with Gasteiger partial charge in [0.2, 0.25) is 11.5 Å². The Labute approximate surface area is 761 Å². The molecule has 0 saturated carbocycles. The summed E-state index contributed by atoms with van der Waals surface area (Å²) in [6.45, 7) is 42.1. The fraction of sp³-hybridized carbons (Fsp3) is 0.295. The van der Waals surface area contributed by atoms with E-state index in [0.717, 1.165) is 6.07 Å². The van der Waals surface area contributed by atoms with Gasteiger partial charge in [0.25, 0.3) is 0 Å². The average molecular weight is 1810 g/mol. The number of aryl methyl sites for hydroxylation is 3. The van der Waals surface area contributed by atoms with Crippen molar-refractivity contribution in [1.82, 2.24) is 0 Å². The number of esters is 6. The zero-order valence-electron chi connectivity index (χ0n) is 75.3. The van der Waals surface area contributed by atoms with Gasteiger partial charge in [-0.05, 0) is 265 Å². The lowest BCUT2D eigenvalue weighted by atomic mass is 9.68. The van der Waals surface area contributed by atoms with Crippen molar-refractivity contribution in [2.24, 2.45) is 11.8 Å². The maximum absolute atomic E-state index is 17.4. The largest absolute Gasteiger partial charge is 0.507 e. The number of allylic oxidation sites excluding steroid dienone is 4. The van der Waals surface area contributed by atoms with Crippen LogP contribution in [0.3, 0.4) is 0 Å². The number of ether oxygens (including phenoxy) is 6. The Kier molecular flexibility index (Phi) is 20.2. The molecule has 20 rings (SSSR count). The van der Waals surface area contributed by atoms with Crippen LogP contribution in [-0.4, -0.2) is 154 Å². The molecule has 0 amide bonds. The highest BCUT2D eigenvalue weighted by Gasteiger charge is 2.58. The Balaban J connectivity index is 0.956. The Hall–Kier alpha value is -15.2. The van der Waals surface area contributed by atoms with Crippen LogP contribution >= 0.6 is 0 Å². The van der Waals surface area contributed by atoms with Gasteiger partial charge >= 0.3 is 35.8 Å². The van der Waals surface area contributed by atoms with Crippen molar-refractivity contribution in [1.29, 1.82) is 0 Å². The molecule has 10 aromatic rings. The molecule has 684 valence electrons. The van der Waals surface area contributed by atoms with Gasteiger partial charge in [-0.2, -0.15) is 0 Å². The molecule has 0 saturated heterocycles. The third-order valence-electron chi connectivity index (χ3n) is 30.1. The van der Waals surface area contributed by atoms with Crippen LogP contribution in [0, 0.1) is 109 Å². The maximum atomic E-state index is 17.4. The van der Waals surface area contributed by atoms with E-state index >= 15 is 28.8 Å². The predicted octanol–water partition coefficient (Wildman–Crippen LogP) is 18.8. The Morgan fingerprint density at radius 2 is 0.586 bits per heavy atom. The Morgan fingerprint density at radius 3 is 1.05 bits per heavy atom. The molecule has 0 spiro atoms. The van der Waals surface area contributed by atoms with Gasteiger partial charge in [-0.25, -0.2) is 28.8 Å². The van der Waals surface area contributed by atoms with Crippen molar-refractivity contribution >= 4 is 58.1 Å². The zero-order chi connectivity index (χ0) is 96.3. The summed E-state index contributed by atoms with van der Waals surface area (Å²) in [4.78, 5) is 99.4. The topological polar surface area (TPSA) is 481 Å². The van der Waals surface area contributed by atoms with Crippen molar-refractivity contribution in [3.8, 4) is 159 Å². The van der Waals surface area contributed by atoms with E-state index in [-0.39, 0.29) is 158 Å². The number of fused-ring (bicyclic) bond motifs is 14. The van der Waals surface area contributed by atoms with Gasteiger partial charge in [-0.3, -0.25) is 0 Å². The lowest BCUT2D eigenvalue weighted by molar-refractivity contribution is -0.0923. The summed E-state index contributed by atoms with van der Waals surface area (Å²) in [5, 5.41) is 202. The SMILES string of the molecule is C=C1CC2C(CCC(=C)c3cc(C)c(C)c(O)c3-c3c1cc(O)c(O)c3C)OC(=O)c1cc(C)c(C)c(C)c1-c1c(C)c(O)c(O)c3c1C(=O)OC2C1OC(=O)c2c-3c(O)c(O)c(O)c2C1c1c(C)c(C)c(O)c2c1C(=C)CCC1OC(=O)c3cc(C)c(C)c(C)c3-c3c(C)c(O)c(O)c4c3C(=O)OC(C1CC(=C)c1cc(O)c(O)c(C)c1-2)C1OC(=O)c2c-4c(O)c(O)c(O)c2[C@@H]1C. The fourth-order valence-electron chi connectivity index (χ4n) is 22.3. The molecule has 8 heterocycles. The summed E-state index contributed by atoms with van der Waals surface area (Å²) in [5.74, 6) is -30.4. The number of aromatic hydroxyl groups is 16. The van der Waals surface area contributed by atoms with Crippen molar-refractivity contribution in [3.63, 3.8) is 0 Å². The molecule has 133 heavy (non-hydrogen) atoms. The molecule has 12 bridgehead atoms. The number of phenolic OH excluding ortho intramolecular Hbond substituents is 16. The highest BCUT2D eigenvalue weighted by Crippen LogP contribution is 2.67. The standard InChI is InChI=1S/C105H96O28/c1-31-20-22-59-54(28-36(6)51-29-57(106)82(108)45(15)64(51)70-50(31)24-35(5)40(10)84(70)110)98-99-77(76-81(105(127)133-99)75(92(118)95(121)93(76)119)73-79(103(125)132-98)68(48(18)87(113)90(73)116)63-42(12)39(9)33(3)25-55(63)100(122)128-59)66-43(13)44(14)85(111)71-61(66)32(2)21-23-60-53(27-37(7)52-30-58(107)83(109)46(16)65(52)71)97-96-49(19)69-80(104(126)130-96)74(91(117)94(120)88(69)114)72-78(102(124)131-97)67(47(17)86(112)89(72)115)62-41(11)38(8)34(4)26-56(62)101(123)129-60/h24-26,29-30,49,53-54,59-60,77,96-99,106-121H,1-2,6-7,20-23,27-28H2,3-5,8-19H3/t49-,53?,54?,59?,60?,77?,96?,97?,98?,99?/m0/s1. The monoisotopic (exact) mass is 1800 g/mol. The molecule has 2 aliphatic carbocycles. The number of rotatable bonds is 1. The smallest absolute Gasteiger partial charge is 0.339 e. The van der Waals surface area contributed by atoms with Crippen LogP contribution in [0.5, 0.6) is 92.0 Å². The zero-order valence-corrected chi connectivity index (χ0v) is 75.3. The second-order valence-corrected chi connectivity index (χ2v) is 36.8. The molecule has 9 unspecified atom stereocenters. The fourth-order valence-corrected chi connectivity index (χ4v) is 22.3. The molecule has 0 fully saturated rings. The molecule has 28 nitrogen and oxygen atoms in total. The molecule has 0 aromatic heterocycles. The molecule has 10 aromatic carbocycles. The third-order valence-corrected chi connectivity index (χ3v) is 30.1. The number of carbonyl (C=O) groups excluding carboxylic acids is 6. The van der Waals surface area contributed by atoms with Gasteiger partial charge in [0, 0.05) is 118 Å². The van der Waals surface area contributed by atoms with Gasteiger partial charge < -0.3 is 110 Å². The van der Waals surface area contributed by atoms with Crippen LogP contribution in [0.25, 0.3) is 89.1 Å². The van der Waals surface area contributed by atoms with E-state index in [4.69, 9.17) is 35.0 Å².